The van der Waals surface area contributed by atoms with Gasteiger partial charge in [-0.15, -0.1) is 0 Å². The van der Waals surface area contributed by atoms with Crippen LogP contribution in [0.15, 0.2) is 36.4 Å². The van der Waals surface area contributed by atoms with Gasteiger partial charge < -0.3 is 10.0 Å². The van der Waals surface area contributed by atoms with Crippen LogP contribution in [0.5, 0.6) is 5.75 Å². The molecule has 0 aliphatic rings. The highest BCUT2D eigenvalue weighted by atomic mass is 16.3. The van der Waals surface area contributed by atoms with E-state index in [2.05, 4.69) is 0 Å². The normalized spacial score (nSPS) is 10.7. The molecule has 0 saturated heterocycles. The lowest BCUT2D eigenvalue weighted by atomic mass is 9.99. The summed E-state index contributed by atoms with van der Waals surface area (Å²) >= 11 is 0. The maximum absolute atomic E-state index is 12.1. The molecule has 3 heteroatoms. The molecule has 0 saturated carbocycles. The topological polar surface area (TPSA) is 40.5 Å². The van der Waals surface area contributed by atoms with Gasteiger partial charge in [-0.3, -0.25) is 4.79 Å². The van der Waals surface area contributed by atoms with Crippen LogP contribution in [-0.4, -0.2) is 29.0 Å². The van der Waals surface area contributed by atoms with Gasteiger partial charge in [-0.2, -0.15) is 0 Å². The van der Waals surface area contributed by atoms with Crippen LogP contribution in [0, 0.1) is 0 Å². The second-order valence-corrected chi connectivity index (χ2v) is 4.85. The second kappa shape index (κ2) is 6.42. The van der Waals surface area contributed by atoms with Crippen LogP contribution in [0.3, 0.4) is 0 Å². The van der Waals surface area contributed by atoms with Crippen molar-refractivity contribution < 1.29 is 9.90 Å². The van der Waals surface area contributed by atoms with E-state index in [1.165, 1.54) is 0 Å². The first-order valence-electron chi connectivity index (χ1n) is 7.14. The lowest BCUT2D eigenvalue weighted by Gasteiger charge is -2.19. The van der Waals surface area contributed by atoms with E-state index in [0.717, 1.165) is 29.4 Å². The fourth-order valence-electron chi connectivity index (χ4n) is 2.55. The number of hydrogen-bond acceptors (Lipinski definition) is 2. The van der Waals surface area contributed by atoms with E-state index in [9.17, 15) is 9.90 Å². The summed E-state index contributed by atoms with van der Waals surface area (Å²) in [5.41, 5.74) is 0.864. The molecule has 0 fully saturated rings. The van der Waals surface area contributed by atoms with Crippen molar-refractivity contribution in [1.82, 2.24) is 4.90 Å². The van der Waals surface area contributed by atoms with Gasteiger partial charge in [0.2, 0.25) is 5.91 Å². The Bertz CT molecular complexity index is 603. The lowest BCUT2D eigenvalue weighted by Crippen LogP contribution is -2.30. The van der Waals surface area contributed by atoms with E-state index in [0.29, 0.717) is 12.8 Å². The van der Waals surface area contributed by atoms with Crippen molar-refractivity contribution in [2.24, 2.45) is 0 Å². The summed E-state index contributed by atoms with van der Waals surface area (Å²) in [7, 11) is 0. The molecule has 0 bridgehead atoms. The maximum Gasteiger partial charge on any atom is 0.222 e. The van der Waals surface area contributed by atoms with Crippen LogP contribution >= 0.6 is 0 Å². The number of aromatic hydroxyl groups is 1. The zero-order valence-corrected chi connectivity index (χ0v) is 12.1. The summed E-state index contributed by atoms with van der Waals surface area (Å²) in [4.78, 5) is 13.9. The zero-order valence-electron chi connectivity index (χ0n) is 12.1. The molecule has 3 nitrogen and oxygen atoms in total. The first-order valence-corrected chi connectivity index (χ1v) is 7.14. The highest BCUT2D eigenvalue weighted by Gasteiger charge is 2.12. The molecule has 2 aromatic rings. The summed E-state index contributed by atoms with van der Waals surface area (Å²) in [6.45, 7) is 5.43. The molecule has 20 heavy (non-hydrogen) atoms. The molecular weight excluding hydrogens is 250 g/mol. The number of nitrogens with zero attached hydrogens (tertiary/aromatic N) is 1. The van der Waals surface area contributed by atoms with Crippen molar-refractivity contribution in [2.75, 3.05) is 13.1 Å². The molecule has 0 spiro atoms. The average molecular weight is 271 g/mol. The third-order valence-corrected chi connectivity index (χ3v) is 3.72. The summed E-state index contributed by atoms with van der Waals surface area (Å²) in [6.07, 6.45) is 1.01. The Balaban J connectivity index is 2.21. The zero-order chi connectivity index (χ0) is 14.5. The molecule has 2 rings (SSSR count). The molecule has 0 heterocycles. The van der Waals surface area contributed by atoms with E-state index >= 15 is 0 Å². The standard InChI is InChI=1S/C17H21NO2/c1-3-18(4-2)17(20)12-10-15-14-8-6-5-7-13(14)9-11-16(15)19/h5-9,11,19H,3-4,10,12H2,1-2H3. The molecule has 1 amide bonds. The Hall–Kier alpha value is -2.03. The van der Waals surface area contributed by atoms with Gasteiger partial charge in [0.15, 0.2) is 0 Å². The highest BCUT2D eigenvalue weighted by Crippen LogP contribution is 2.28. The Morgan fingerprint density at radius 1 is 1.10 bits per heavy atom. The van der Waals surface area contributed by atoms with Gasteiger partial charge in [-0.05, 0) is 37.1 Å². The third-order valence-electron chi connectivity index (χ3n) is 3.72. The molecule has 0 atom stereocenters. The smallest absolute Gasteiger partial charge is 0.222 e. The highest BCUT2D eigenvalue weighted by molar-refractivity contribution is 5.88. The number of carbonyl (C=O) groups excluding carboxylic acids is 1. The summed E-state index contributed by atoms with van der Waals surface area (Å²) in [5, 5.41) is 12.2. The van der Waals surface area contributed by atoms with Crippen LogP contribution in [0.2, 0.25) is 0 Å². The minimum atomic E-state index is 0.141. The fraction of sp³-hybridized carbons (Fsp3) is 0.353. The molecule has 0 aliphatic carbocycles. The van der Waals surface area contributed by atoms with Crippen LogP contribution in [0.1, 0.15) is 25.8 Å². The monoisotopic (exact) mass is 271 g/mol. The lowest BCUT2D eigenvalue weighted by molar-refractivity contribution is -0.130. The number of rotatable bonds is 5. The van der Waals surface area contributed by atoms with Crippen molar-refractivity contribution in [3.05, 3.63) is 42.0 Å². The number of hydrogen-bond donors (Lipinski definition) is 1. The molecule has 0 unspecified atom stereocenters. The number of fused-ring (bicyclic) bond motifs is 1. The van der Waals surface area contributed by atoms with Gasteiger partial charge in [-0.25, -0.2) is 0 Å². The molecule has 0 radical (unpaired) electrons. The van der Waals surface area contributed by atoms with Gasteiger partial charge in [0.1, 0.15) is 5.75 Å². The number of amides is 1. The van der Waals surface area contributed by atoms with Crippen molar-refractivity contribution in [3.63, 3.8) is 0 Å². The number of phenols is 1. The van der Waals surface area contributed by atoms with Gasteiger partial charge in [0, 0.05) is 25.1 Å². The van der Waals surface area contributed by atoms with Gasteiger partial charge in [-0.1, -0.05) is 30.3 Å². The van der Waals surface area contributed by atoms with E-state index < -0.39 is 0 Å². The first kappa shape index (κ1) is 14.4. The summed E-state index contributed by atoms with van der Waals surface area (Å²) in [5.74, 6) is 0.415. The number of aryl methyl sites for hydroxylation is 1. The van der Waals surface area contributed by atoms with Crippen LogP contribution in [-0.2, 0) is 11.2 Å². The van der Waals surface area contributed by atoms with Crippen molar-refractivity contribution >= 4 is 16.7 Å². The quantitative estimate of drug-likeness (QED) is 0.906. The summed E-state index contributed by atoms with van der Waals surface area (Å²) in [6, 6.07) is 11.6. The van der Waals surface area contributed by atoms with Gasteiger partial charge in [0.25, 0.3) is 0 Å². The average Bonchev–Trinajstić information content (AvgIpc) is 2.47. The van der Waals surface area contributed by atoms with E-state index in [1.54, 1.807) is 6.07 Å². The van der Waals surface area contributed by atoms with Crippen LogP contribution in [0.4, 0.5) is 0 Å². The molecule has 106 valence electrons. The fourth-order valence-corrected chi connectivity index (χ4v) is 2.55. The Morgan fingerprint density at radius 2 is 1.80 bits per heavy atom. The molecule has 1 N–H and O–H groups in total. The maximum atomic E-state index is 12.1. The van der Waals surface area contributed by atoms with Crippen LogP contribution < -0.4 is 0 Å². The SMILES string of the molecule is CCN(CC)C(=O)CCc1c(O)ccc2ccccc12. The predicted molar refractivity (Wildman–Crippen MR) is 81.9 cm³/mol. The van der Waals surface area contributed by atoms with Crippen LogP contribution in [0.25, 0.3) is 10.8 Å². The van der Waals surface area contributed by atoms with E-state index in [4.69, 9.17) is 0 Å². The minimum Gasteiger partial charge on any atom is -0.508 e. The van der Waals surface area contributed by atoms with Crippen molar-refractivity contribution in [2.45, 2.75) is 26.7 Å². The van der Waals surface area contributed by atoms with E-state index in [1.807, 2.05) is 49.1 Å². The number of carbonyl (C=O) groups is 1. The van der Waals surface area contributed by atoms with Crippen molar-refractivity contribution in [3.8, 4) is 5.75 Å². The Labute approximate surface area is 119 Å². The number of phenolic OH excluding ortho intramolecular Hbond substituents is 1. The molecule has 0 aliphatic heterocycles. The predicted octanol–water partition coefficient (Wildman–Crippen LogP) is 3.35. The van der Waals surface area contributed by atoms with Crippen molar-refractivity contribution in [1.29, 1.82) is 0 Å². The number of benzene rings is 2. The third kappa shape index (κ3) is 2.93. The largest absolute Gasteiger partial charge is 0.508 e. The van der Waals surface area contributed by atoms with Gasteiger partial charge >= 0.3 is 0 Å². The van der Waals surface area contributed by atoms with Gasteiger partial charge in [0.05, 0.1) is 0 Å². The second-order valence-electron chi connectivity index (χ2n) is 4.85. The first-order chi connectivity index (χ1) is 9.67. The Kier molecular flexibility index (Phi) is 4.61. The Morgan fingerprint density at radius 3 is 2.50 bits per heavy atom. The minimum absolute atomic E-state index is 0.141. The molecular formula is C17H21NO2. The molecule has 2 aromatic carbocycles. The van der Waals surface area contributed by atoms with E-state index in [-0.39, 0.29) is 11.7 Å². The summed E-state index contributed by atoms with van der Waals surface area (Å²) < 4.78 is 0. The molecule has 0 aromatic heterocycles.